The van der Waals surface area contributed by atoms with Crippen LogP contribution in [-0.4, -0.2) is 37.1 Å². The van der Waals surface area contributed by atoms with E-state index < -0.39 is 18.0 Å². The minimum atomic E-state index is -0.927. The largest absolute Gasteiger partial charge is 0.448 e. The van der Waals surface area contributed by atoms with E-state index >= 15 is 0 Å². The van der Waals surface area contributed by atoms with Crippen LogP contribution in [-0.2, 0) is 9.53 Å². The smallest absolute Gasteiger partial charge is 0.404 e. The van der Waals surface area contributed by atoms with Crippen molar-refractivity contribution >= 4 is 29.6 Å². The summed E-state index contributed by atoms with van der Waals surface area (Å²) in [7, 11) is 0. The van der Waals surface area contributed by atoms with E-state index in [-0.39, 0.29) is 19.0 Å². The Morgan fingerprint density at radius 2 is 2.00 bits per heavy atom. The Morgan fingerprint density at radius 3 is 2.50 bits per heavy atom. The molecule has 0 bridgehead atoms. The number of nitrogens with two attached hydrogens (primary N) is 1. The minimum absolute atomic E-state index is 0.0577. The van der Waals surface area contributed by atoms with Gasteiger partial charge in [-0.1, -0.05) is 0 Å². The number of urea groups is 1. The third kappa shape index (κ3) is 7.17. The van der Waals surface area contributed by atoms with Crippen LogP contribution >= 0.6 is 11.6 Å². The summed E-state index contributed by atoms with van der Waals surface area (Å²) in [4.78, 5) is 31.4. The van der Waals surface area contributed by atoms with Gasteiger partial charge < -0.3 is 15.8 Å². The predicted molar refractivity (Wildman–Crippen MR) is 47.8 cm³/mol. The lowest BCUT2D eigenvalue weighted by molar-refractivity contribution is -0.117. The van der Waals surface area contributed by atoms with Crippen LogP contribution in [0.4, 0.5) is 9.59 Å². The number of alkyl halides is 1. The Labute approximate surface area is 84.9 Å². The molecule has 0 fully saturated rings. The van der Waals surface area contributed by atoms with E-state index in [9.17, 15) is 14.4 Å². The van der Waals surface area contributed by atoms with Crippen molar-refractivity contribution in [1.29, 1.82) is 0 Å². The lowest BCUT2D eigenvalue weighted by atomic mass is 10.6. The van der Waals surface area contributed by atoms with E-state index in [1.807, 2.05) is 5.32 Å². The number of rotatable bonds is 4. The highest BCUT2D eigenvalue weighted by Gasteiger charge is 2.04. The summed E-state index contributed by atoms with van der Waals surface area (Å²) in [5.74, 6) is -0.912. The molecule has 0 saturated carbocycles. The van der Waals surface area contributed by atoms with Crippen molar-refractivity contribution in [3.8, 4) is 0 Å². The van der Waals surface area contributed by atoms with Crippen molar-refractivity contribution in [3.05, 3.63) is 0 Å². The predicted octanol–water partition coefficient (Wildman–Crippen LogP) is -0.854. The number of hydrogen-bond acceptors (Lipinski definition) is 4. The summed E-state index contributed by atoms with van der Waals surface area (Å²) in [5.41, 5.74) is 4.65. The molecule has 0 spiro atoms. The fraction of sp³-hybridized carbons (Fsp3) is 0.500. The van der Waals surface area contributed by atoms with Crippen LogP contribution in [0.3, 0.4) is 0 Å². The first-order valence-electron chi connectivity index (χ1n) is 3.62. The Bertz CT molecular complexity index is 233. The highest BCUT2D eigenvalue weighted by Crippen LogP contribution is 1.75. The van der Waals surface area contributed by atoms with Gasteiger partial charge in [-0.2, -0.15) is 0 Å². The zero-order chi connectivity index (χ0) is 11.0. The summed E-state index contributed by atoms with van der Waals surface area (Å²) in [6.07, 6.45) is -0.927. The number of ether oxygens (including phenoxy) is 1. The molecule has 0 rings (SSSR count). The fourth-order valence-electron chi connectivity index (χ4n) is 0.520. The van der Waals surface area contributed by atoms with Crippen molar-refractivity contribution in [2.75, 3.05) is 19.0 Å². The van der Waals surface area contributed by atoms with E-state index in [1.165, 1.54) is 0 Å². The summed E-state index contributed by atoms with van der Waals surface area (Å²) >= 11 is 5.12. The van der Waals surface area contributed by atoms with Crippen molar-refractivity contribution < 1.29 is 19.1 Å². The Hall–Kier alpha value is -1.50. The zero-order valence-corrected chi connectivity index (χ0v) is 7.97. The molecule has 14 heavy (non-hydrogen) atoms. The number of carbonyl (C=O) groups is 3. The van der Waals surface area contributed by atoms with Crippen LogP contribution in [0.1, 0.15) is 0 Å². The van der Waals surface area contributed by atoms with Crippen LogP contribution in [0.2, 0.25) is 0 Å². The van der Waals surface area contributed by atoms with Crippen molar-refractivity contribution in [2.45, 2.75) is 0 Å². The van der Waals surface area contributed by atoms with Gasteiger partial charge in [0.1, 0.15) is 12.5 Å². The van der Waals surface area contributed by atoms with E-state index in [2.05, 4.69) is 15.8 Å². The van der Waals surface area contributed by atoms with Gasteiger partial charge in [-0.05, 0) is 0 Å². The summed E-state index contributed by atoms with van der Waals surface area (Å²) in [6, 6.07) is -0.705. The van der Waals surface area contributed by atoms with E-state index in [1.54, 1.807) is 0 Å². The number of carbonyl (C=O) groups excluding carboxylic acids is 3. The van der Waals surface area contributed by atoms with Gasteiger partial charge in [-0.25, -0.2) is 9.59 Å². The molecule has 0 unspecified atom stereocenters. The summed E-state index contributed by atoms with van der Waals surface area (Å²) < 4.78 is 4.31. The number of primary amides is 1. The number of hydrogen-bond donors (Lipinski definition) is 3. The second-order valence-corrected chi connectivity index (χ2v) is 2.37. The molecule has 0 heterocycles. The van der Waals surface area contributed by atoms with Crippen LogP contribution < -0.4 is 16.4 Å². The monoisotopic (exact) mass is 223 g/mol. The first-order valence-corrected chi connectivity index (χ1v) is 4.15. The quantitative estimate of drug-likeness (QED) is 0.426. The van der Waals surface area contributed by atoms with Gasteiger partial charge in [0.05, 0.1) is 6.54 Å². The second-order valence-electron chi connectivity index (χ2n) is 2.11. The Morgan fingerprint density at radius 1 is 1.36 bits per heavy atom. The molecule has 0 aliphatic carbocycles. The molecular weight excluding hydrogens is 214 g/mol. The molecule has 7 nitrogen and oxygen atoms in total. The normalized spacial score (nSPS) is 8.93. The molecule has 80 valence electrons. The van der Waals surface area contributed by atoms with Crippen LogP contribution in [0.15, 0.2) is 0 Å². The van der Waals surface area contributed by atoms with Gasteiger partial charge in [0.25, 0.3) is 0 Å². The lowest BCUT2D eigenvalue weighted by Gasteiger charge is -2.04. The average molecular weight is 224 g/mol. The van der Waals surface area contributed by atoms with Crippen molar-refractivity contribution in [1.82, 2.24) is 10.6 Å². The fourth-order valence-corrected chi connectivity index (χ4v) is 0.587. The number of amides is 4. The van der Waals surface area contributed by atoms with Gasteiger partial charge in [0, 0.05) is 0 Å². The van der Waals surface area contributed by atoms with Crippen molar-refractivity contribution in [3.63, 3.8) is 0 Å². The Balaban J connectivity index is 3.45. The maximum absolute atomic E-state index is 10.8. The molecule has 0 aromatic heterocycles. The molecule has 0 aromatic rings. The second kappa shape index (κ2) is 6.96. The topological polar surface area (TPSA) is 111 Å². The standard InChI is InChI=1S/C6H10ClN3O4/c7-3-4(11)10-6(13)9-1-2-14-5(8)12/h1-3H2,(H2,8,12)(H2,9,10,11,13). The summed E-state index contributed by atoms with van der Waals surface area (Å²) in [6.45, 7) is 0.00214. The molecule has 0 saturated heterocycles. The highest BCUT2D eigenvalue weighted by atomic mass is 35.5. The maximum atomic E-state index is 10.8. The first kappa shape index (κ1) is 12.5. The molecule has 0 atom stereocenters. The molecule has 0 aromatic carbocycles. The third-order valence-corrected chi connectivity index (χ3v) is 1.25. The first-order chi connectivity index (χ1) is 6.56. The van der Waals surface area contributed by atoms with E-state index in [0.717, 1.165) is 0 Å². The van der Waals surface area contributed by atoms with Crippen LogP contribution in [0.5, 0.6) is 0 Å². The van der Waals surface area contributed by atoms with Gasteiger partial charge >= 0.3 is 12.1 Å². The SMILES string of the molecule is NC(=O)OCCNC(=O)NC(=O)CCl. The Kier molecular flexibility index (Phi) is 6.21. The molecular formula is C6H10ClN3O4. The number of nitrogens with one attached hydrogen (secondary N) is 2. The molecule has 4 N–H and O–H groups in total. The number of halogens is 1. The molecule has 8 heteroatoms. The molecule has 0 aliphatic heterocycles. The van der Waals surface area contributed by atoms with E-state index in [4.69, 9.17) is 11.6 Å². The minimum Gasteiger partial charge on any atom is -0.448 e. The average Bonchev–Trinajstić information content (AvgIpc) is 2.12. The highest BCUT2D eigenvalue weighted by molar-refractivity contribution is 6.28. The zero-order valence-electron chi connectivity index (χ0n) is 7.21. The maximum Gasteiger partial charge on any atom is 0.404 e. The van der Waals surface area contributed by atoms with Gasteiger partial charge in [0.15, 0.2) is 0 Å². The third-order valence-electron chi connectivity index (χ3n) is 1.01. The van der Waals surface area contributed by atoms with Crippen LogP contribution in [0.25, 0.3) is 0 Å². The van der Waals surface area contributed by atoms with E-state index in [0.29, 0.717) is 0 Å². The van der Waals surface area contributed by atoms with Gasteiger partial charge in [0.2, 0.25) is 5.91 Å². The number of imide groups is 1. The van der Waals surface area contributed by atoms with Gasteiger partial charge in [-0.3, -0.25) is 10.1 Å². The molecule has 0 radical (unpaired) electrons. The lowest BCUT2D eigenvalue weighted by Crippen LogP contribution is -2.41. The van der Waals surface area contributed by atoms with Gasteiger partial charge in [-0.15, -0.1) is 11.6 Å². The summed E-state index contributed by atoms with van der Waals surface area (Å²) in [5, 5.41) is 4.17. The molecule has 0 aliphatic rings. The molecule has 4 amide bonds. The van der Waals surface area contributed by atoms with Crippen LogP contribution in [0, 0.1) is 0 Å². The van der Waals surface area contributed by atoms with Crippen molar-refractivity contribution in [2.24, 2.45) is 5.73 Å².